The van der Waals surface area contributed by atoms with Gasteiger partial charge < -0.3 is 15.5 Å². The van der Waals surface area contributed by atoms with Crippen LogP contribution in [0.25, 0.3) is 0 Å². The number of carbonyl (C=O) groups is 1. The number of thiophene rings is 1. The summed E-state index contributed by atoms with van der Waals surface area (Å²) in [4.78, 5) is 19.6. The van der Waals surface area contributed by atoms with Crippen LogP contribution in [0.15, 0.2) is 46.8 Å². The van der Waals surface area contributed by atoms with Crippen LogP contribution < -0.4 is 10.6 Å². The first-order chi connectivity index (χ1) is 12.6. The summed E-state index contributed by atoms with van der Waals surface area (Å²) >= 11 is 1.77. The number of halogens is 1. The molecule has 0 fully saturated rings. The topological polar surface area (TPSA) is 56.7 Å². The van der Waals surface area contributed by atoms with Gasteiger partial charge >= 0.3 is 0 Å². The normalized spacial score (nSPS) is 10.9. The summed E-state index contributed by atoms with van der Waals surface area (Å²) < 4.78 is 0. The maximum absolute atomic E-state index is 12.1. The third-order valence-electron chi connectivity index (χ3n) is 3.84. The number of hydrogen-bond acceptors (Lipinski definition) is 3. The lowest BCUT2D eigenvalue weighted by molar-refractivity contribution is 0.0827. The molecule has 7 heteroatoms. The molecule has 0 spiro atoms. The number of nitrogens with one attached hydrogen (secondary N) is 2. The molecule has 0 unspecified atom stereocenters. The van der Waals surface area contributed by atoms with E-state index < -0.39 is 0 Å². The SMILES string of the molecule is CCNC(=NCCc1cccs1)NCCc1cccc(C(=O)N(C)C)c1.I. The first-order valence-corrected chi connectivity index (χ1v) is 9.83. The van der Waals surface area contributed by atoms with Gasteiger partial charge in [0.25, 0.3) is 5.91 Å². The highest BCUT2D eigenvalue weighted by Crippen LogP contribution is 2.09. The number of guanidine groups is 1. The number of benzene rings is 1. The number of amides is 1. The van der Waals surface area contributed by atoms with Crippen molar-refractivity contribution in [3.05, 3.63) is 57.8 Å². The second-order valence-corrected chi connectivity index (χ2v) is 7.20. The number of hydrogen-bond donors (Lipinski definition) is 2. The summed E-state index contributed by atoms with van der Waals surface area (Å²) in [5.41, 5.74) is 1.86. The van der Waals surface area contributed by atoms with Crippen molar-refractivity contribution >= 4 is 47.2 Å². The minimum Gasteiger partial charge on any atom is -0.357 e. The van der Waals surface area contributed by atoms with E-state index in [1.54, 1.807) is 30.3 Å². The Morgan fingerprint density at radius 1 is 1.15 bits per heavy atom. The molecule has 2 rings (SSSR count). The van der Waals surface area contributed by atoms with Crippen molar-refractivity contribution in [2.45, 2.75) is 19.8 Å². The van der Waals surface area contributed by atoms with Crippen LogP contribution in [0.5, 0.6) is 0 Å². The summed E-state index contributed by atoms with van der Waals surface area (Å²) in [6.07, 6.45) is 1.80. The highest BCUT2D eigenvalue weighted by atomic mass is 127. The van der Waals surface area contributed by atoms with Crippen LogP contribution in [0, 0.1) is 0 Å². The third-order valence-corrected chi connectivity index (χ3v) is 4.77. The van der Waals surface area contributed by atoms with E-state index in [1.807, 2.05) is 18.2 Å². The van der Waals surface area contributed by atoms with E-state index in [-0.39, 0.29) is 29.9 Å². The molecule has 1 amide bonds. The van der Waals surface area contributed by atoms with Crippen LogP contribution in [-0.4, -0.2) is 50.5 Å². The Balaban J connectivity index is 0.00000364. The summed E-state index contributed by atoms with van der Waals surface area (Å²) in [7, 11) is 3.54. The Hall–Kier alpha value is -1.61. The van der Waals surface area contributed by atoms with Crippen molar-refractivity contribution < 1.29 is 4.79 Å². The molecule has 0 aliphatic heterocycles. The zero-order valence-corrected chi connectivity index (χ0v) is 19.3. The van der Waals surface area contributed by atoms with Gasteiger partial charge in [-0.1, -0.05) is 18.2 Å². The third kappa shape index (κ3) is 8.30. The largest absolute Gasteiger partial charge is 0.357 e. The van der Waals surface area contributed by atoms with E-state index in [9.17, 15) is 4.79 Å². The van der Waals surface area contributed by atoms with Gasteiger partial charge in [-0.3, -0.25) is 9.79 Å². The van der Waals surface area contributed by atoms with Gasteiger partial charge in [0.2, 0.25) is 0 Å². The van der Waals surface area contributed by atoms with Gasteiger partial charge in [0, 0.05) is 50.6 Å². The molecule has 5 nitrogen and oxygen atoms in total. The van der Waals surface area contributed by atoms with E-state index in [1.165, 1.54) is 4.88 Å². The molecule has 27 heavy (non-hydrogen) atoms. The van der Waals surface area contributed by atoms with Crippen LogP contribution in [0.3, 0.4) is 0 Å². The number of carbonyl (C=O) groups excluding carboxylic acids is 1. The average molecular weight is 500 g/mol. The summed E-state index contributed by atoms with van der Waals surface area (Å²) in [6.45, 7) is 4.43. The van der Waals surface area contributed by atoms with Gasteiger partial charge in [0.1, 0.15) is 0 Å². The predicted octanol–water partition coefficient (Wildman–Crippen LogP) is 3.41. The maximum atomic E-state index is 12.1. The van der Waals surface area contributed by atoms with Crippen LogP contribution in [-0.2, 0) is 12.8 Å². The van der Waals surface area contributed by atoms with E-state index in [2.05, 4.69) is 46.1 Å². The summed E-state index contributed by atoms with van der Waals surface area (Å²) in [5.74, 6) is 0.868. The second kappa shape index (κ2) is 12.7. The quantitative estimate of drug-likeness (QED) is 0.332. The van der Waals surface area contributed by atoms with E-state index in [0.29, 0.717) is 0 Å². The fraction of sp³-hybridized carbons (Fsp3) is 0.400. The van der Waals surface area contributed by atoms with Crippen LogP contribution in [0.2, 0.25) is 0 Å². The Kier molecular flexibility index (Phi) is 11.0. The Morgan fingerprint density at radius 2 is 1.96 bits per heavy atom. The van der Waals surface area contributed by atoms with Gasteiger partial charge in [-0.15, -0.1) is 35.3 Å². The first kappa shape index (κ1) is 23.4. The number of rotatable bonds is 8. The van der Waals surface area contributed by atoms with E-state index in [0.717, 1.165) is 49.6 Å². The van der Waals surface area contributed by atoms with Crippen molar-refractivity contribution in [2.75, 3.05) is 33.7 Å². The monoisotopic (exact) mass is 500 g/mol. The van der Waals surface area contributed by atoms with Gasteiger partial charge in [-0.25, -0.2) is 0 Å². The smallest absolute Gasteiger partial charge is 0.253 e. The summed E-state index contributed by atoms with van der Waals surface area (Å²) in [5, 5.41) is 8.74. The lowest BCUT2D eigenvalue weighted by Gasteiger charge is -2.13. The highest BCUT2D eigenvalue weighted by Gasteiger charge is 2.08. The van der Waals surface area contributed by atoms with Gasteiger partial charge in [-0.05, 0) is 42.5 Å². The number of aliphatic imine (C=N–C) groups is 1. The minimum absolute atomic E-state index is 0. The Labute approximate surface area is 183 Å². The van der Waals surface area contributed by atoms with Crippen LogP contribution in [0.1, 0.15) is 27.7 Å². The van der Waals surface area contributed by atoms with Gasteiger partial charge in [0.05, 0.1) is 0 Å². The fourth-order valence-electron chi connectivity index (χ4n) is 2.52. The van der Waals surface area contributed by atoms with E-state index in [4.69, 9.17) is 0 Å². The van der Waals surface area contributed by atoms with Crippen molar-refractivity contribution in [1.82, 2.24) is 15.5 Å². The molecule has 0 atom stereocenters. The first-order valence-electron chi connectivity index (χ1n) is 8.95. The molecular weight excluding hydrogens is 471 g/mol. The van der Waals surface area contributed by atoms with Crippen molar-refractivity contribution in [2.24, 2.45) is 4.99 Å². The Morgan fingerprint density at radius 3 is 2.63 bits per heavy atom. The molecule has 0 aliphatic rings. The molecule has 0 saturated carbocycles. The molecule has 0 radical (unpaired) electrons. The highest BCUT2D eigenvalue weighted by molar-refractivity contribution is 14.0. The van der Waals surface area contributed by atoms with Crippen LogP contribution in [0.4, 0.5) is 0 Å². The molecule has 0 bridgehead atoms. The lowest BCUT2D eigenvalue weighted by atomic mass is 10.1. The van der Waals surface area contributed by atoms with Crippen molar-refractivity contribution in [3.63, 3.8) is 0 Å². The second-order valence-electron chi connectivity index (χ2n) is 6.17. The molecule has 1 aromatic carbocycles. The van der Waals surface area contributed by atoms with Crippen molar-refractivity contribution in [1.29, 1.82) is 0 Å². The summed E-state index contributed by atoms with van der Waals surface area (Å²) in [6, 6.07) is 12.0. The molecule has 1 aromatic heterocycles. The molecule has 148 valence electrons. The molecular formula is C20H29IN4OS. The van der Waals surface area contributed by atoms with Crippen LogP contribution >= 0.6 is 35.3 Å². The Bertz CT molecular complexity index is 717. The maximum Gasteiger partial charge on any atom is 0.253 e. The van der Waals surface area contributed by atoms with Gasteiger partial charge in [-0.2, -0.15) is 0 Å². The molecule has 2 aromatic rings. The zero-order valence-electron chi connectivity index (χ0n) is 16.2. The standard InChI is InChI=1S/C20H28N4OS.HI/c1-4-21-20(23-13-11-18-9-6-14-26-18)22-12-10-16-7-5-8-17(15-16)19(25)24(2)3;/h5-9,14-15H,4,10-13H2,1-3H3,(H2,21,22,23);1H. The molecule has 2 N–H and O–H groups in total. The zero-order chi connectivity index (χ0) is 18.8. The van der Waals surface area contributed by atoms with Gasteiger partial charge in [0.15, 0.2) is 5.96 Å². The average Bonchev–Trinajstić information content (AvgIpc) is 3.14. The van der Waals surface area contributed by atoms with Crippen molar-refractivity contribution in [3.8, 4) is 0 Å². The minimum atomic E-state index is 0. The molecule has 0 aliphatic carbocycles. The number of nitrogens with zero attached hydrogens (tertiary/aromatic N) is 2. The lowest BCUT2D eigenvalue weighted by Crippen LogP contribution is -2.38. The predicted molar refractivity (Wildman–Crippen MR) is 126 cm³/mol. The molecule has 1 heterocycles. The molecule has 0 saturated heterocycles. The fourth-order valence-corrected chi connectivity index (χ4v) is 3.22. The van der Waals surface area contributed by atoms with E-state index >= 15 is 0 Å².